The lowest BCUT2D eigenvalue weighted by Gasteiger charge is -2.46. The van der Waals surface area contributed by atoms with Crippen LogP contribution in [0.1, 0.15) is 41.3 Å². The molecular formula is C26H29F2N2O4P. The van der Waals surface area contributed by atoms with Crippen molar-refractivity contribution in [2.75, 3.05) is 37.7 Å². The number of hydrogen-bond acceptors (Lipinski definition) is 4. The number of anilines is 1. The summed E-state index contributed by atoms with van der Waals surface area (Å²) < 4.78 is 32.9. The minimum absolute atomic E-state index is 0.172. The maximum Gasteiger partial charge on any atom is 0.414 e. The van der Waals surface area contributed by atoms with Crippen molar-refractivity contribution >= 4 is 37.9 Å². The summed E-state index contributed by atoms with van der Waals surface area (Å²) in [7, 11) is 2.28. The molecule has 2 aromatic carbocycles. The zero-order valence-electron chi connectivity index (χ0n) is 19.8. The van der Waals surface area contributed by atoms with Gasteiger partial charge in [-0.25, -0.2) is 18.4 Å². The second-order valence-electron chi connectivity index (χ2n) is 9.46. The van der Waals surface area contributed by atoms with Gasteiger partial charge in [0, 0.05) is 23.8 Å². The van der Waals surface area contributed by atoms with Crippen LogP contribution in [0.4, 0.5) is 19.3 Å². The number of nitrogens with zero attached hydrogens (tertiary/aromatic N) is 2. The number of ether oxygens (including phenoxy) is 1. The molecule has 1 atom stereocenters. The van der Waals surface area contributed by atoms with Gasteiger partial charge in [0.1, 0.15) is 6.61 Å². The molecule has 6 nitrogen and oxygen atoms in total. The Morgan fingerprint density at radius 1 is 1.23 bits per heavy atom. The average molecular weight is 502 g/mol. The minimum atomic E-state index is -1.01. The molecule has 0 bridgehead atoms. The van der Waals surface area contributed by atoms with Gasteiger partial charge in [0.15, 0.2) is 11.6 Å². The molecule has 1 spiro atoms. The lowest BCUT2D eigenvalue weighted by atomic mass is 9.77. The van der Waals surface area contributed by atoms with Gasteiger partial charge in [-0.3, -0.25) is 9.80 Å². The Morgan fingerprint density at radius 3 is 2.60 bits per heavy atom. The quantitative estimate of drug-likeness (QED) is 0.605. The van der Waals surface area contributed by atoms with Crippen molar-refractivity contribution in [2.45, 2.75) is 26.7 Å². The third-order valence-corrected chi connectivity index (χ3v) is 7.64. The number of halogens is 2. The fourth-order valence-corrected chi connectivity index (χ4v) is 5.27. The summed E-state index contributed by atoms with van der Waals surface area (Å²) in [6.07, 6.45) is 3.30. The molecule has 0 saturated carbocycles. The van der Waals surface area contributed by atoms with Crippen molar-refractivity contribution < 1.29 is 28.2 Å². The standard InChI is InChI=1S/C26H29F2N2O4P/c1-16(19-4-5-20(27)22(28)23(19)35)7-10-29-11-8-26(9-12-29)14-30(25(33)34-15-26)21-6-3-18(24(31)32)13-17(21)2/h3-7,13H,8-12,14-15,35H2,1-2H3,(H,31,32)/b16-7-. The van der Waals surface area contributed by atoms with E-state index >= 15 is 0 Å². The molecule has 2 aromatic rings. The predicted octanol–water partition coefficient (Wildman–Crippen LogP) is 4.61. The van der Waals surface area contributed by atoms with E-state index in [0.717, 1.165) is 37.6 Å². The van der Waals surface area contributed by atoms with E-state index in [4.69, 9.17) is 4.74 Å². The van der Waals surface area contributed by atoms with E-state index in [2.05, 4.69) is 14.1 Å². The molecule has 2 aliphatic rings. The summed E-state index contributed by atoms with van der Waals surface area (Å²) in [6, 6.07) is 7.47. The first-order chi connectivity index (χ1) is 16.6. The lowest BCUT2D eigenvalue weighted by Crippen LogP contribution is -2.54. The first-order valence-corrected chi connectivity index (χ1v) is 12.1. The number of rotatable bonds is 5. The van der Waals surface area contributed by atoms with Crippen molar-refractivity contribution in [3.05, 3.63) is 64.7 Å². The number of likely N-dealkylation sites (tertiary alicyclic amines) is 1. The number of aryl methyl sites for hydroxylation is 1. The van der Waals surface area contributed by atoms with Gasteiger partial charge < -0.3 is 9.84 Å². The zero-order valence-corrected chi connectivity index (χ0v) is 21.0. The van der Waals surface area contributed by atoms with Crippen LogP contribution >= 0.6 is 9.24 Å². The number of carbonyl (C=O) groups excluding carboxylic acids is 1. The molecule has 0 aliphatic carbocycles. The van der Waals surface area contributed by atoms with Gasteiger partial charge in [-0.15, -0.1) is 9.24 Å². The SMILES string of the molecule is C/C(=C/CN1CCC2(CC1)COC(=O)N(c1ccc(C(=O)O)cc1C)C2)c1ccc(F)c(F)c1P. The molecule has 9 heteroatoms. The van der Waals surface area contributed by atoms with E-state index in [9.17, 15) is 23.5 Å². The van der Waals surface area contributed by atoms with E-state index in [1.165, 1.54) is 6.07 Å². The monoisotopic (exact) mass is 502 g/mol. The first kappa shape index (κ1) is 25.3. The topological polar surface area (TPSA) is 70.1 Å². The normalized spacial score (nSPS) is 18.6. The van der Waals surface area contributed by atoms with Gasteiger partial charge in [-0.05, 0) is 80.7 Å². The smallest absolute Gasteiger partial charge is 0.414 e. The number of hydrogen-bond donors (Lipinski definition) is 1. The number of benzene rings is 2. The fourth-order valence-electron chi connectivity index (χ4n) is 4.81. The molecule has 186 valence electrons. The maximum atomic E-state index is 13.9. The number of aromatic carboxylic acids is 1. The van der Waals surface area contributed by atoms with Crippen LogP contribution < -0.4 is 10.2 Å². The molecule has 1 N–H and O–H groups in total. The first-order valence-electron chi connectivity index (χ1n) is 11.5. The van der Waals surface area contributed by atoms with Gasteiger partial charge in [0.05, 0.1) is 11.3 Å². The van der Waals surface area contributed by atoms with Crippen LogP contribution in [-0.4, -0.2) is 54.9 Å². The molecule has 2 heterocycles. The second kappa shape index (κ2) is 10.0. The summed E-state index contributed by atoms with van der Waals surface area (Å²) in [4.78, 5) is 27.7. The molecule has 2 fully saturated rings. The van der Waals surface area contributed by atoms with E-state index in [-0.39, 0.29) is 16.3 Å². The van der Waals surface area contributed by atoms with Gasteiger partial charge in [-0.1, -0.05) is 12.1 Å². The van der Waals surface area contributed by atoms with Crippen molar-refractivity contribution in [3.8, 4) is 0 Å². The summed E-state index contributed by atoms with van der Waals surface area (Å²) in [5.41, 5.74) is 2.94. The Bertz CT molecular complexity index is 1190. The van der Waals surface area contributed by atoms with Crippen LogP contribution in [0, 0.1) is 24.0 Å². The molecule has 0 radical (unpaired) electrons. The van der Waals surface area contributed by atoms with E-state index in [0.29, 0.717) is 36.5 Å². The number of amides is 1. The Morgan fingerprint density at radius 2 is 1.94 bits per heavy atom. The zero-order chi connectivity index (χ0) is 25.3. The second-order valence-corrected chi connectivity index (χ2v) is 10.0. The Kier molecular flexibility index (Phi) is 7.25. The molecule has 2 aliphatic heterocycles. The molecule has 4 rings (SSSR count). The highest BCUT2D eigenvalue weighted by Gasteiger charge is 2.43. The number of carboxylic acids is 1. The molecule has 1 unspecified atom stereocenters. The Hall–Kier alpha value is -2.83. The van der Waals surface area contributed by atoms with Gasteiger partial charge in [0.25, 0.3) is 0 Å². The summed E-state index contributed by atoms with van der Waals surface area (Å²) >= 11 is 0. The number of carboxylic acid groups (broad SMARTS) is 1. The third-order valence-electron chi connectivity index (χ3n) is 7.08. The fraction of sp³-hybridized carbons (Fsp3) is 0.385. The summed E-state index contributed by atoms with van der Waals surface area (Å²) in [5, 5.41) is 9.45. The summed E-state index contributed by atoms with van der Waals surface area (Å²) in [6.45, 7) is 6.89. The maximum absolute atomic E-state index is 13.9. The number of carbonyl (C=O) groups is 2. The largest absolute Gasteiger partial charge is 0.478 e. The number of cyclic esters (lactones) is 1. The minimum Gasteiger partial charge on any atom is -0.478 e. The van der Waals surface area contributed by atoms with E-state index < -0.39 is 23.7 Å². The van der Waals surface area contributed by atoms with Crippen LogP contribution in [0.15, 0.2) is 36.4 Å². The third kappa shape index (κ3) is 5.24. The Balaban J connectivity index is 1.41. The highest BCUT2D eigenvalue weighted by Crippen LogP contribution is 2.38. The van der Waals surface area contributed by atoms with Crippen LogP contribution in [-0.2, 0) is 4.74 Å². The number of piperidine rings is 1. The van der Waals surface area contributed by atoms with Gasteiger partial charge >= 0.3 is 12.1 Å². The lowest BCUT2D eigenvalue weighted by molar-refractivity contribution is 0.0192. The molecular weight excluding hydrogens is 473 g/mol. The molecule has 35 heavy (non-hydrogen) atoms. The predicted molar refractivity (Wildman–Crippen MR) is 134 cm³/mol. The summed E-state index contributed by atoms with van der Waals surface area (Å²) in [5.74, 6) is -2.71. The van der Waals surface area contributed by atoms with Crippen LogP contribution in [0.2, 0.25) is 0 Å². The molecule has 2 saturated heterocycles. The Labute approximate surface area is 205 Å². The van der Waals surface area contributed by atoms with Crippen molar-refractivity contribution in [1.82, 2.24) is 4.90 Å². The van der Waals surface area contributed by atoms with Crippen LogP contribution in [0.5, 0.6) is 0 Å². The highest BCUT2D eigenvalue weighted by molar-refractivity contribution is 7.27. The average Bonchev–Trinajstić information content (AvgIpc) is 2.84. The van der Waals surface area contributed by atoms with Crippen molar-refractivity contribution in [2.24, 2.45) is 5.41 Å². The van der Waals surface area contributed by atoms with Crippen LogP contribution in [0.25, 0.3) is 5.57 Å². The van der Waals surface area contributed by atoms with Gasteiger partial charge in [0.2, 0.25) is 0 Å². The van der Waals surface area contributed by atoms with Crippen molar-refractivity contribution in [1.29, 1.82) is 0 Å². The van der Waals surface area contributed by atoms with E-state index in [1.54, 1.807) is 30.0 Å². The van der Waals surface area contributed by atoms with Crippen molar-refractivity contribution in [3.63, 3.8) is 0 Å². The number of allylic oxidation sites excluding steroid dienone is 1. The van der Waals surface area contributed by atoms with Crippen LogP contribution in [0.3, 0.4) is 0 Å². The molecule has 1 amide bonds. The van der Waals surface area contributed by atoms with Gasteiger partial charge in [-0.2, -0.15) is 0 Å². The highest BCUT2D eigenvalue weighted by atomic mass is 31.0. The van der Waals surface area contributed by atoms with E-state index in [1.807, 2.05) is 13.0 Å². The molecule has 0 aromatic heterocycles.